The van der Waals surface area contributed by atoms with E-state index >= 15 is 0 Å². The molecule has 0 aliphatic rings. The highest BCUT2D eigenvalue weighted by atomic mass is 35.5. The van der Waals surface area contributed by atoms with Crippen LogP contribution in [0.3, 0.4) is 0 Å². The predicted molar refractivity (Wildman–Crippen MR) is 65.6 cm³/mol. The van der Waals surface area contributed by atoms with Crippen molar-refractivity contribution in [2.75, 3.05) is 7.11 Å². The number of halogens is 1. The molecule has 0 amide bonds. The highest BCUT2D eigenvalue weighted by Gasteiger charge is 2.06. The lowest BCUT2D eigenvalue weighted by Gasteiger charge is -2.16. The minimum absolute atomic E-state index is 0.165. The van der Waals surface area contributed by atoms with Gasteiger partial charge in [-0.25, -0.2) is 4.84 Å². The second kappa shape index (κ2) is 6.48. The topological polar surface area (TPSA) is 84.9 Å². The SMILES string of the molecule is CO[NH+]([O-])c1ccc(OCc2noc(CCl)n2)cc1. The Labute approximate surface area is 114 Å². The molecule has 0 bridgehead atoms. The molecule has 2 rings (SSSR count). The Kier molecular flexibility index (Phi) is 4.69. The monoisotopic (exact) mass is 285 g/mol. The number of benzene rings is 1. The molecule has 1 aromatic carbocycles. The number of aromatic nitrogens is 2. The van der Waals surface area contributed by atoms with Crippen LogP contribution in [-0.2, 0) is 17.3 Å². The van der Waals surface area contributed by atoms with Gasteiger partial charge in [0.05, 0.1) is 7.11 Å². The van der Waals surface area contributed by atoms with E-state index in [-0.39, 0.29) is 12.5 Å². The van der Waals surface area contributed by atoms with Gasteiger partial charge in [0, 0.05) is 12.1 Å². The first kappa shape index (κ1) is 13.8. The maximum Gasteiger partial charge on any atom is 0.241 e. The van der Waals surface area contributed by atoms with Gasteiger partial charge in [-0.05, 0) is 12.1 Å². The van der Waals surface area contributed by atoms with Crippen LogP contribution in [0, 0.1) is 5.21 Å². The molecule has 19 heavy (non-hydrogen) atoms. The van der Waals surface area contributed by atoms with Crippen molar-refractivity contribution in [3.63, 3.8) is 0 Å². The number of hydrogen-bond donors (Lipinski definition) is 1. The van der Waals surface area contributed by atoms with Crippen molar-refractivity contribution in [1.29, 1.82) is 0 Å². The lowest BCUT2D eigenvalue weighted by atomic mass is 10.3. The minimum Gasteiger partial charge on any atom is -0.595 e. The molecular formula is C11H12ClN3O4. The lowest BCUT2D eigenvalue weighted by molar-refractivity contribution is -0.992. The smallest absolute Gasteiger partial charge is 0.241 e. The fraction of sp³-hybridized carbons (Fsp3) is 0.273. The van der Waals surface area contributed by atoms with Gasteiger partial charge in [0.25, 0.3) is 0 Å². The standard InChI is InChI=1S/C11H12ClN3O4/c1-17-15(16)8-2-4-9(5-3-8)18-7-10-13-11(6-12)19-14-10/h2-5,15H,6-7H2,1H3. The summed E-state index contributed by atoms with van der Waals surface area (Å²) in [6, 6.07) is 6.55. The van der Waals surface area contributed by atoms with Crippen LogP contribution in [0.1, 0.15) is 11.7 Å². The molecular weight excluding hydrogens is 274 g/mol. The normalized spacial score (nSPS) is 12.4. The van der Waals surface area contributed by atoms with Gasteiger partial charge in [0.1, 0.15) is 11.6 Å². The summed E-state index contributed by atoms with van der Waals surface area (Å²) in [5.74, 6) is 1.51. The molecule has 0 saturated heterocycles. The van der Waals surface area contributed by atoms with Crippen molar-refractivity contribution in [3.8, 4) is 5.75 Å². The molecule has 8 heteroatoms. The summed E-state index contributed by atoms with van der Waals surface area (Å²) in [4.78, 5) is 8.59. The van der Waals surface area contributed by atoms with Crippen molar-refractivity contribution in [1.82, 2.24) is 10.1 Å². The van der Waals surface area contributed by atoms with E-state index in [4.69, 9.17) is 20.9 Å². The largest absolute Gasteiger partial charge is 0.595 e. The molecule has 1 aromatic heterocycles. The van der Waals surface area contributed by atoms with Crippen LogP contribution in [0.25, 0.3) is 0 Å². The van der Waals surface area contributed by atoms with Crippen LogP contribution in [-0.4, -0.2) is 17.3 Å². The Morgan fingerprint density at radius 1 is 1.37 bits per heavy atom. The number of ether oxygens (including phenoxy) is 1. The lowest BCUT2D eigenvalue weighted by Crippen LogP contribution is -3.00. The molecule has 0 spiro atoms. The Morgan fingerprint density at radius 2 is 2.11 bits per heavy atom. The zero-order valence-electron chi connectivity index (χ0n) is 10.1. The fourth-order valence-corrected chi connectivity index (χ4v) is 1.46. The summed E-state index contributed by atoms with van der Waals surface area (Å²) >= 11 is 5.54. The summed E-state index contributed by atoms with van der Waals surface area (Å²) < 4.78 is 10.3. The molecule has 1 heterocycles. The molecule has 102 valence electrons. The predicted octanol–water partition coefficient (Wildman–Crippen LogP) is 0.963. The maximum absolute atomic E-state index is 11.2. The van der Waals surface area contributed by atoms with Crippen LogP contribution < -0.4 is 9.96 Å². The highest BCUT2D eigenvalue weighted by Crippen LogP contribution is 2.14. The third-order valence-electron chi connectivity index (χ3n) is 2.27. The number of hydrogen-bond acceptors (Lipinski definition) is 6. The van der Waals surface area contributed by atoms with E-state index in [1.807, 2.05) is 0 Å². The number of nitrogens with zero attached hydrogens (tertiary/aromatic N) is 2. The summed E-state index contributed by atoms with van der Waals surface area (Å²) in [7, 11) is 1.33. The van der Waals surface area contributed by atoms with Gasteiger partial charge in [0.2, 0.25) is 11.7 Å². The van der Waals surface area contributed by atoms with Gasteiger partial charge in [-0.15, -0.1) is 11.6 Å². The zero-order chi connectivity index (χ0) is 13.7. The molecule has 0 radical (unpaired) electrons. The van der Waals surface area contributed by atoms with Crippen molar-refractivity contribution < 1.29 is 19.3 Å². The molecule has 2 aromatic rings. The summed E-state index contributed by atoms with van der Waals surface area (Å²) in [5, 5.41) is 14.5. The van der Waals surface area contributed by atoms with Gasteiger partial charge in [0.15, 0.2) is 12.3 Å². The zero-order valence-corrected chi connectivity index (χ0v) is 10.9. The second-order valence-corrected chi connectivity index (χ2v) is 3.81. The van der Waals surface area contributed by atoms with E-state index in [2.05, 4.69) is 15.0 Å². The van der Waals surface area contributed by atoms with E-state index in [0.29, 0.717) is 23.2 Å². The van der Waals surface area contributed by atoms with E-state index in [1.54, 1.807) is 24.3 Å². The number of nitrogens with one attached hydrogen (secondary N) is 1. The van der Waals surface area contributed by atoms with Crippen LogP contribution in [0.4, 0.5) is 5.69 Å². The molecule has 0 aliphatic heterocycles. The molecule has 1 N–H and O–H groups in total. The first-order valence-corrected chi connectivity index (χ1v) is 5.95. The molecule has 0 aliphatic carbocycles. The average Bonchev–Trinajstić information content (AvgIpc) is 2.93. The van der Waals surface area contributed by atoms with E-state index in [9.17, 15) is 5.21 Å². The van der Waals surface area contributed by atoms with Crippen molar-refractivity contribution in [3.05, 3.63) is 41.2 Å². The van der Waals surface area contributed by atoms with Crippen molar-refractivity contribution >= 4 is 17.3 Å². The summed E-state index contributed by atoms with van der Waals surface area (Å²) in [6.45, 7) is 0.165. The Hall–Kier alpha value is -1.67. The number of alkyl halides is 1. The quantitative estimate of drug-likeness (QED) is 0.629. The third-order valence-corrected chi connectivity index (χ3v) is 2.50. The highest BCUT2D eigenvalue weighted by molar-refractivity contribution is 6.16. The minimum atomic E-state index is -0.392. The molecule has 1 unspecified atom stereocenters. The van der Waals surface area contributed by atoms with Gasteiger partial charge in [-0.2, -0.15) is 10.2 Å². The van der Waals surface area contributed by atoms with E-state index < -0.39 is 5.23 Å². The van der Waals surface area contributed by atoms with Crippen LogP contribution in [0.2, 0.25) is 0 Å². The third kappa shape index (κ3) is 3.65. The second-order valence-electron chi connectivity index (χ2n) is 3.54. The number of rotatable bonds is 6. The Balaban J connectivity index is 1.92. The molecule has 7 nitrogen and oxygen atoms in total. The van der Waals surface area contributed by atoms with Crippen LogP contribution in [0.5, 0.6) is 5.75 Å². The summed E-state index contributed by atoms with van der Waals surface area (Å²) in [6.07, 6.45) is 0. The maximum atomic E-state index is 11.2. The molecule has 1 atom stereocenters. The fourth-order valence-electron chi connectivity index (χ4n) is 1.36. The van der Waals surface area contributed by atoms with Crippen LogP contribution >= 0.6 is 11.6 Å². The first-order chi connectivity index (χ1) is 9.22. The number of quaternary nitrogens is 1. The summed E-state index contributed by atoms with van der Waals surface area (Å²) in [5.41, 5.74) is 0.457. The van der Waals surface area contributed by atoms with E-state index in [1.165, 1.54) is 7.11 Å². The average molecular weight is 286 g/mol. The van der Waals surface area contributed by atoms with E-state index in [0.717, 1.165) is 0 Å². The Morgan fingerprint density at radius 3 is 2.68 bits per heavy atom. The van der Waals surface area contributed by atoms with Gasteiger partial charge in [-0.3, -0.25) is 0 Å². The Bertz CT molecular complexity index is 517. The molecule has 0 fully saturated rings. The first-order valence-electron chi connectivity index (χ1n) is 5.41. The molecule has 0 saturated carbocycles. The van der Waals surface area contributed by atoms with Crippen LogP contribution in [0.15, 0.2) is 28.8 Å². The van der Waals surface area contributed by atoms with Gasteiger partial charge in [-0.1, -0.05) is 5.16 Å². The van der Waals surface area contributed by atoms with Crippen molar-refractivity contribution in [2.24, 2.45) is 0 Å². The van der Waals surface area contributed by atoms with Crippen molar-refractivity contribution in [2.45, 2.75) is 12.5 Å². The van der Waals surface area contributed by atoms with Gasteiger partial charge < -0.3 is 14.5 Å². The van der Waals surface area contributed by atoms with Gasteiger partial charge >= 0.3 is 0 Å².